The second-order valence-corrected chi connectivity index (χ2v) is 5.48. The fourth-order valence-corrected chi connectivity index (χ4v) is 3.01. The quantitative estimate of drug-likeness (QED) is 0.914. The lowest BCUT2D eigenvalue weighted by atomic mass is 9.85. The highest BCUT2D eigenvalue weighted by Crippen LogP contribution is 2.33. The van der Waals surface area contributed by atoms with Crippen molar-refractivity contribution in [1.29, 1.82) is 0 Å². The molecule has 0 amide bonds. The van der Waals surface area contributed by atoms with Gasteiger partial charge in [-0.3, -0.25) is 4.98 Å². The van der Waals surface area contributed by atoms with Gasteiger partial charge in [-0.1, -0.05) is 32.1 Å². The van der Waals surface area contributed by atoms with Crippen LogP contribution < -0.4 is 0 Å². The van der Waals surface area contributed by atoms with Crippen LogP contribution in [0.4, 0.5) is 0 Å². The normalized spacial score (nSPS) is 19.6. The first-order valence-corrected chi connectivity index (χ1v) is 6.85. The molecule has 1 unspecified atom stereocenters. The monoisotopic (exact) mass is 283 g/mol. The number of hydrogen-bond donors (Lipinski definition) is 1. The minimum Gasteiger partial charge on any atom is -0.387 e. The van der Waals surface area contributed by atoms with E-state index in [0.29, 0.717) is 5.92 Å². The van der Waals surface area contributed by atoms with E-state index in [9.17, 15) is 5.11 Å². The molecule has 1 saturated carbocycles. The maximum absolute atomic E-state index is 10.2. The summed E-state index contributed by atoms with van der Waals surface area (Å²) in [6.45, 7) is 0. The third-order valence-corrected chi connectivity index (χ3v) is 4.05. The Bertz CT molecular complexity index is 336. The molecule has 88 valence electrons. The molecule has 1 aromatic heterocycles. The van der Waals surface area contributed by atoms with Crippen molar-refractivity contribution in [2.24, 2.45) is 5.92 Å². The van der Waals surface area contributed by atoms with Gasteiger partial charge < -0.3 is 5.11 Å². The topological polar surface area (TPSA) is 33.1 Å². The minimum absolute atomic E-state index is 0.418. The second kappa shape index (κ2) is 5.78. The summed E-state index contributed by atoms with van der Waals surface area (Å²) >= 11 is 3.44. The van der Waals surface area contributed by atoms with E-state index in [1.54, 1.807) is 6.20 Å². The summed E-state index contributed by atoms with van der Waals surface area (Å²) in [4.78, 5) is 4.25. The summed E-state index contributed by atoms with van der Waals surface area (Å²) < 4.78 is 0.915. The molecule has 1 N–H and O–H groups in total. The Morgan fingerprint density at radius 3 is 2.81 bits per heavy atom. The van der Waals surface area contributed by atoms with Crippen molar-refractivity contribution in [2.75, 3.05) is 0 Å². The SMILES string of the molecule is OC(CC1CCCCC1)c1ncccc1Br. The molecule has 1 aliphatic carbocycles. The zero-order chi connectivity index (χ0) is 11.4. The highest BCUT2D eigenvalue weighted by molar-refractivity contribution is 9.10. The Hall–Kier alpha value is -0.410. The van der Waals surface area contributed by atoms with E-state index >= 15 is 0 Å². The van der Waals surface area contributed by atoms with Gasteiger partial charge in [-0.2, -0.15) is 0 Å². The van der Waals surface area contributed by atoms with Gasteiger partial charge in [0, 0.05) is 10.7 Å². The number of nitrogens with zero attached hydrogens (tertiary/aromatic N) is 1. The Morgan fingerprint density at radius 1 is 1.38 bits per heavy atom. The summed E-state index contributed by atoms with van der Waals surface area (Å²) in [5, 5.41) is 10.2. The first-order chi connectivity index (χ1) is 7.77. The van der Waals surface area contributed by atoms with Crippen molar-refractivity contribution in [3.05, 3.63) is 28.5 Å². The van der Waals surface area contributed by atoms with Gasteiger partial charge in [0.1, 0.15) is 0 Å². The molecule has 1 atom stereocenters. The van der Waals surface area contributed by atoms with E-state index in [2.05, 4.69) is 20.9 Å². The highest BCUT2D eigenvalue weighted by atomic mass is 79.9. The molecule has 1 heterocycles. The van der Waals surface area contributed by atoms with Crippen LogP contribution in [0.15, 0.2) is 22.8 Å². The van der Waals surface area contributed by atoms with Crippen LogP contribution >= 0.6 is 15.9 Å². The largest absolute Gasteiger partial charge is 0.387 e. The van der Waals surface area contributed by atoms with Crippen molar-refractivity contribution < 1.29 is 5.11 Å². The summed E-state index contributed by atoms with van der Waals surface area (Å²) in [5.74, 6) is 0.678. The summed E-state index contributed by atoms with van der Waals surface area (Å²) in [5.41, 5.74) is 0.785. The van der Waals surface area contributed by atoms with Gasteiger partial charge >= 0.3 is 0 Å². The molecule has 1 aliphatic rings. The van der Waals surface area contributed by atoms with Gasteiger partial charge in [0.15, 0.2) is 0 Å². The molecule has 0 bridgehead atoms. The zero-order valence-corrected chi connectivity index (χ0v) is 11.0. The van der Waals surface area contributed by atoms with Crippen LogP contribution in [0.2, 0.25) is 0 Å². The number of aliphatic hydroxyl groups is 1. The van der Waals surface area contributed by atoms with Crippen LogP contribution in [0.3, 0.4) is 0 Å². The van der Waals surface area contributed by atoms with Crippen LogP contribution in [0.1, 0.15) is 50.3 Å². The Balaban J connectivity index is 1.96. The van der Waals surface area contributed by atoms with Gasteiger partial charge in [0.25, 0.3) is 0 Å². The predicted octanol–water partition coefficient (Wildman–Crippen LogP) is 3.85. The maximum Gasteiger partial charge on any atom is 0.0973 e. The summed E-state index contributed by atoms with van der Waals surface area (Å²) in [6, 6.07) is 3.81. The second-order valence-electron chi connectivity index (χ2n) is 4.63. The number of pyridine rings is 1. The number of hydrogen-bond acceptors (Lipinski definition) is 2. The fourth-order valence-electron chi connectivity index (χ4n) is 2.49. The molecule has 2 rings (SSSR count). The van der Waals surface area contributed by atoms with Gasteiger partial charge in [-0.15, -0.1) is 0 Å². The van der Waals surface area contributed by atoms with Gasteiger partial charge in [-0.05, 0) is 40.4 Å². The van der Waals surface area contributed by atoms with E-state index in [4.69, 9.17) is 0 Å². The Kier molecular flexibility index (Phi) is 4.36. The predicted molar refractivity (Wildman–Crippen MR) is 68.1 cm³/mol. The van der Waals surface area contributed by atoms with Crippen LogP contribution in [0.25, 0.3) is 0 Å². The third-order valence-electron chi connectivity index (χ3n) is 3.38. The smallest absolute Gasteiger partial charge is 0.0973 e. The molecular weight excluding hydrogens is 266 g/mol. The highest BCUT2D eigenvalue weighted by Gasteiger charge is 2.20. The Morgan fingerprint density at radius 2 is 2.12 bits per heavy atom. The standard InChI is InChI=1S/C13H18BrNO/c14-11-7-4-8-15-13(11)12(16)9-10-5-2-1-3-6-10/h4,7-8,10,12,16H,1-3,5-6,9H2. The molecule has 1 fully saturated rings. The molecular formula is C13H18BrNO. The van der Waals surface area contributed by atoms with E-state index in [1.165, 1.54) is 32.1 Å². The summed E-state index contributed by atoms with van der Waals surface area (Å²) in [6.07, 6.45) is 8.71. The first kappa shape index (κ1) is 12.1. The third kappa shape index (κ3) is 3.05. The van der Waals surface area contributed by atoms with Gasteiger partial charge in [0.05, 0.1) is 11.8 Å². The maximum atomic E-state index is 10.2. The van der Waals surface area contributed by atoms with Crippen molar-refractivity contribution in [3.63, 3.8) is 0 Å². The zero-order valence-electron chi connectivity index (χ0n) is 9.40. The van der Waals surface area contributed by atoms with Gasteiger partial charge in [-0.25, -0.2) is 0 Å². The average Bonchev–Trinajstić information content (AvgIpc) is 2.31. The molecule has 3 heteroatoms. The van der Waals surface area contributed by atoms with Crippen molar-refractivity contribution in [3.8, 4) is 0 Å². The molecule has 16 heavy (non-hydrogen) atoms. The lowest BCUT2D eigenvalue weighted by Crippen LogP contribution is -2.12. The van der Waals surface area contributed by atoms with E-state index < -0.39 is 6.10 Å². The first-order valence-electron chi connectivity index (χ1n) is 6.06. The molecule has 0 saturated heterocycles. The van der Waals surface area contributed by atoms with Crippen molar-refractivity contribution in [2.45, 2.75) is 44.6 Å². The van der Waals surface area contributed by atoms with Crippen molar-refractivity contribution in [1.82, 2.24) is 4.98 Å². The van der Waals surface area contributed by atoms with E-state index in [1.807, 2.05) is 12.1 Å². The summed E-state index contributed by atoms with van der Waals surface area (Å²) in [7, 11) is 0. The molecule has 0 aliphatic heterocycles. The molecule has 1 aromatic rings. The van der Waals surface area contributed by atoms with Crippen molar-refractivity contribution >= 4 is 15.9 Å². The average molecular weight is 284 g/mol. The fraction of sp³-hybridized carbons (Fsp3) is 0.615. The minimum atomic E-state index is -0.418. The number of aromatic nitrogens is 1. The number of aliphatic hydroxyl groups excluding tert-OH is 1. The number of rotatable bonds is 3. The van der Waals surface area contributed by atoms with Gasteiger partial charge in [0.2, 0.25) is 0 Å². The van der Waals surface area contributed by atoms with Crippen LogP contribution in [0, 0.1) is 5.92 Å². The molecule has 2 nitrogen and oxygen atoms in total. The lowest BCUT2D eigenvalue weighted by Gasteiger charge is -2.24. The van der Waals surface area contributed by atoms with Crippen LogP contribution in [-0.4, -0.2) is 10.1 Å². The van der Waals surface area contributed by atoms with E-state index in [-0.39, 0.29) is 0 Å². The van der Waals surface area contributed by atoms with Crippen LogP contribution in [-0.2, 0) is 0 Å². The molecule has 0 radical (unpaired) electrons. The Labute approximate surface area is 105 Å². The number of halogens is 1. The molecule has 0 aromatic carbocycles. The van der Waals surface area contributed by atoms with Crippen LogP contribution in [0.5, 0.6) is 0 Å². The lowest BCUT2D eigenvalue weighted by molar-refractivity contribution is 0.127. The van der Waals surface area contributed by atoms with E-state index in [0.717, 1.165) is 16.6 Å². The molecule has 0 spiro atoms.